The predicted octanol–water partition coefficient (Wildman–Crippen LogP) is -0.561. The van der Waals surface area contributed by atoms with Gasteiger partial charge >= 0.3 is 0 Å². The molecule has 6 nitrogen and oxygen atoms in total. The van der Waals surface area contributed by atoms with E-state index in [2.05, 4.69) is 4.98 Å². The number of pyridine rings is 1. The minimum Gasteiger partial charge on any atom is -0.399 e. The van der Waals surface area contributed by atoms with Gasteiger partial charge in [0.25, 0.3) is 0 Å². The highest BCUT2D eigenvalue weighted by Crippen LogP contribution is 2.07. The average molecular weight is 222 g/mol. The molecule has 0 aliphatic rings. The molecule has 6 N–H and O–H groups in total. The highest BCUT2D eigenvalue weighted by Gasteiger charge is 2.17. The minimum atomic E-state index is -0.776. The lowest BCUT2D eigenvalue weighted by molar-refractivity contribution is -0.118. The number of primary amides is 1. The van der Waals surface area contributed by atoms with Gasteiger partial charge in [-0.15, -0.1) is 0 Å². The molecule has 1 atom stereocenters. The van der Waals surface area contributed by atoms with Gasteiger partial charge in [0.1, 0.15) is 5.69 Å². The molecule has 16 heavy (non-hydrogen) atoms. The van der Waals surface area contributed by atoms with E-state index in [1.165, 1.54) is 12.3 Å². The number of hydrogen-bond acceptors (Lipinski definition) is 5. The van der Waals surface area contributed by atoms with Crippen LogP contribution in [0.1, 0.15) is 23.3 Å². The van der Waals surface area contributed by atoms with Crippen molar-refractivity contribution in [3.8, 4) is 0 Å². The second kappa shape index (κ2) is 5.22. The number of amides is 1. The number of nitrogens with two attached hydrogens (primary N) is 3. The Bertz CT molecular complexity index is 406. The van der Waals surface area contributed by atoms with Gasteiger partial charge in [-0.1, -0.05) is 0 Å². The summed E-state index contributed by atoms with van der Waals surface area (Å²) in [4.78, 5) is 26.1. The van der Waals surface area contributed by atoms with Crippen molar-refractivity contribution in [2.45, 2.75) is 18.9 Å². The van der Waals surface area contributed by atoms with Gasteiger partial charge in [0.2, 0.25) is 5.91 Å². The first-order valence-corrected chi connectivity index (χ1v) is 4.80. The van der Waals surface area contributed by atoms with Gasteiger partial charge < -0.3 is 17.2 Å². The van der Waals surface area contributed by atoms with Gasteiger partial charge in [-0.25, -0.2) is 0 Å². The molecule has 0 aromatic carbocycles. The Morgan fingerprint density at radius 3 is 2.69 bits per heavy atom. The zero-order valence-electron chi connectivity index (χ0n) is 8.72. The monoisotopic (exact) mass is 222 g/mol. The number of ketones is 1. The van der Waals surface area contributed by atoms with Crippen molar-refractivity contribution in [1.29, 1.82) is 0 Å². The zero-order chi connectivity index (χ0) is 12.1. The van der Waals surface area contributed by atoms with Crippen LogP contribution in [0.4, 0.5) is 5.69 Å². The maximum Gasteiger partial charge on any atom is 0.217 e. The van der Waals surface area contributed by atoms with E-state index in [0.717, 1.165) is 0 Å². The third kappa shape index (κ3) is 3.32. The summed E-state index contributed by atoms with van der Waals surface area (Å²) in [7, 11) is 0. The first kappa shape index (κ1) is 12.1. The molecule has 0 fully saturated rings. The predicted molar refractivity (Wildman–Crippen MR) is 59.4 cm³/mol. The van der Waals surface area contributed by atoms with E-state index in [0.29, 0.717) is 5.69 Å². The van der Waals surface area contributed by atoms with Crippen LogP contribution < -0.4 is 17.2 Å². The van der Waals surface area contributed by atoms with Gasteiger partial charge in [0.15, 0.2) is 5.78 Å². The van der Waals surface area contributed by atoms with Crippen LogP contribution in [0.5, 0.6) is 0 Å². The largest absolute Gasteiger partial charge is 0.399 e. The smallest absolute Gasteiger partial charge is 0.217 e. The number of nitrogens with zero attached hydrogens (tertiary/aromatic N) is 1. The maximum absolute atomic E-state index is 11.7. The van der Waals surface area contributed by atoms with Gasteiger partial charge in [-0.3, -0.25) is 14.6 Å². The van der Waals surface area contributed by atoms with Crippen LogP contribution >= 0.6 is 0 Å². The van der Waals surface area contributed by atoms with Gasteiger partial charge in [-0.05, 0) is 18.6 Å². The van der Waals surface area contributed by atoms with Gasteiger partial charge in [-0.2, -0.15) is 0 Å². The molecule has 1 aromatic rings. The van der Waals surface area contributed by atoms with Crippen LogP contribution in [0, 0.1) is 0 Å². The third-order valence-electron chi connectivity index (χ3n) is 2.07. The summed E-state index contributed by atoms with van der Waals surface area (Å²) in [5, 5.41) is 0. The molecule has 6 heteroatoms. The van der Waals surface area contributed by atoms with E-state index in [-0.39, 0.29) is 24.3 Å². The summed E-state index contributed by atoms with van der Waals surface area (Å²) in [5.74, 6) is -0.822. The number of anilines is 1. The highest BCUT2D eigenvalue weighted by molar-refractivity contribution is 5.99. The van der Waals surface area contributed by atoms with E-state index in [4.69, 9.17) is 17.2 Å². The molecule has 1 aromatic heterocycles. The third-order valence-corrected chi connectivity index (χ3v) is 2.07. The zero-order valence-corrected chi connectivity index (χ0v) is 8.72. The Labute approximate surface area is 92.8 Å². The number of aromatic nitrogens is 1. The van der Waals surface area contributed by atoms with Crippen molar-refractivity contribution >= 4 is 17.4 Å². The Balaban J connectivity index is 2.67. The van der Waals surface area contributed by atoms with E-state index in [1.807, 2.05) is 0 Å². The molecule has 0 aliphatic carbocycles. The molecule has 0 saturated carbocycles. The molecule has 86 valence electrons. The first-order chi connectivity index (χ1) is 7.50. The van der Waals surface area contributed by atoms with Crippen LogP contribution in [0.3, 0.4) is 0 Å². The number of rotatable bonds is 5. The Kier molecular flexibility index (Phi) is 3.96. The Hall–Kier alpha value is -1.95. The summed E-state index contributed by atoms with van der Waals surface area (Å²) in [6, 6.07) is 2.25. The van der Waals surface area contributed by atoms with Crippen molar-refractivity contribution < 1.29 is 9.59 Å². The van der Waals surface area contributed by atoms with E-state index >= 15 is 0 Å². The molecular weight excluding hydrogens is 208 g/mol. The summed E-state index contributed by atoms with van der Waals surface area (Å²) >= 11 is 0. The Morgan fingerprint density at radius 2 is 2.12 bits per heavy atom. The second-order valence-corrected chi connectivity index (χ2v) is 3.45. The number of hydrogen-bond donors (Lipinski definition) is 3. The van der Waals surface area contributed by atoms with E-state index in [9.17, 15) is 9.59 Å². The van der Waals surface area contributed by atoms with Crippen molar-refractivity contribution in [1.82, 2.24) is 4.98 Å². The molecule has 0 aliphatic heterocycles. The maximum atomic E-state index is 11.7. The fourth-order valence-electron chi connectivity index (χ4n) is 1.20. The van der Waals surface area contributed by atoms with Crippen molar-refractivity contribution in [3.63, 3.8) is 0 Å². The standard InChI is InChI=1S/C10H14N4O2/c11-6-3-4-14-8(5-6)10(16)7(12)1-2-9(13)15/h3-5,7H,1-2,12H2,(H2,11,14)(H2,13,15)/t7-/m0/s1. The van der Waals surface area contributed by atoms with Gasteiger partial charge in [0, 0.05) is 18.3 Å². The molecule has 0 radical (unpaired) electrons. The Morgan fingerprint density at radius 1 is 1.44 bits per heavy atom. The molecule has 1 rings (SSSR count). The molecular formula is C10H14N4O2. The molecule has 0 saturated heterocycles. The normalized spacial score (nSPS) is 12.1. The first-order valence-electron chi connectivity index (χ1n) is 4.80. The number of carbonyl (C=O) groups excluding carboxylic acids is 2. The lowest BCUT2D eigenvalue weighted by atomic mass is 10.0. The van der Waals surface area contributed by atoms with E-state index < -0.39 is 11.9 Å². The lowest BCUT2D eigenvalue weighted by Crippen LogP contribution is -2.32. The number of carbonyl (C=O) groups is 2. The van der Waals surface area contributed by atoms with Crippen LogP contribution in [0.25, 0.3) is 0 Å². The fraction of sp³-hybridized carbons (Fsp3) is 0.300. The molecule has 1 heterocycles. The van der Waals surface area contributed by atoms with Crippen LogP contribution in [0.2, 0.25) is 0 Å². The molecule has 0 unspecified atom stereocenters. The van der Waals surface area contributed by atoms with E-state index in [1.54, 1.807) is 6.07 Å². The fourth-order valence-corrected chi connectivity index (χ4v) is 1.20. The van der Waals surface area contributed by atoms with Crippen molar-refractivity contribution in [3.05, 3.63) is 24.0 Å². The van der Waals surface area contributed by atoms with Crippen LogP contribution in [-0.2, 0) is 4.79 Å². The summed E-state index contributed by atoms with van der Waals surface area (Å²) in [5.41, 5.74) is 16.7. The SMILES string of the molecule is NC(=O)CC[C@H](N)C(=O)c1cc(N)ccn1. The summed E-state index contributed by atoms with van der Waals surface area (Å²) < 4.78 is 0. The molecule has 0 spiro atoms. The quantitative estimate of drug-likeness (QED) is 0.576. The molecule has 0 bridgehead atoms. The van der Waals surface area contributed by atoms with Gasteiger partial charge in [0.05, 0.1) is 6.04 Å². The lowest BCUT2D eigenvalue weighted by Gasteiger charge is -2.08. The number of Topliss-reactive ketones (excluding diaryl/α,β-unsaturated/α-hetero) is 1. The van der Waals surface area contributed by atoms with Crippen LogP contribution in [0.15, 0.2) is 18.3 Å². The highest BCUT2D eigenvalue weighted by atomic mass is 16.1. The van der Waals surface area contributed by atoms with Crippen molar-refractivity contribution in [2.24, 2.45) is 11.5 Å². The topological polar surface area (TPSA) is 125 Å². The minimum absolute atomic E-state index is 0.0786. The second-order valence-electron chi connectivity index (χ2n) is 3.45. The molecule has 1 amide bonds. The van der Waals surface area contributed by atoms with Crippen molar-refractivity contribution in [2.75, 3.05) is 5.73 Å². The van der Waals surface area contributed by atoms with Crippen LogP contribution in [-0.4, -0.2) is 22.7 Å². The number of nitrogen functional groups attached to an aromatic ring is 1. The average Bonchev–Trinajstić information content (AvgIpc) is 2.24. The summed E-state index contributed by atoms with van der Waals surface area (Å²) in [6.07, 6.45) is 1.73. The summed E-state index contributed by atoms with van der Waals surface area (Å²) in [6.45, 7) is 0.